The fraction of sp³-hybridized carbons (Fsp3) is 0.250. The van der Waals surface area contributed by atoms with Gasteiger partial charge in [-0.15, -0.1) is 10.2 Å². The number of amides is 1. The first-order valence-electron chi connectivity index (χ1n) is 5.86. The van der Waals surface area contributed by atoms with Crippen LogP contribution in [0.5, 0.6) is 5.75 Å². The van der Waals surface area contributed by atoms with Crippen LogP contribution in [-0.2, 0) is 0 Å². The highest BCUT2D eigenvalue weighted by atomic mass is 35.5. The maximum atomic E-state index is 12.1. The van der Waals surface area contributed by atoms with E-state index in [1.165, 1.54) is 18.4 Å². The molecule has 0 aliphatic heterocycles. The Bertz CT molecular complexity index is 617. The average molecular weight is 313 g/mol. The van der Waals surface area contributed by atoms with Gasteiger partial charge in [0.2, 0.25) is 10.1 Å². The fourth-order valence-corrected chi connectivity index (χ4v) is 2.37. The van der Waals surface area contributed by atoms with Crippen LogP contribution in [-0.4, -0.2) is 29.8 Å². The van der Waals surface area contributed by atoms with E-state index in [4.69, 9.17) is 16.3 Å². The summed E-state index contributed by atoms with van der Waals surface area (Å²) >= 11 is 7.09. The van der Waals surface area contributed by atoms with Crippen LogP contribution < -0.4 is 15.4 Å². The molecule has 2 N–H and O–H groups in total. The van der Waals surface area contributed by atoms with Crippen molar-refractivity contribution >= 4 is 39.7 Å². The van der Waals surface area contributed by atoms with E-state index >= 15 is 0 Å². The highest BCUT2D eigenvalue weighted by molar-refractivity contribution is 7.17. The van der Waals surface area contributed by atoms with Crippen molar-refractivity contribution in [3.63, 3.8) is 0 Å². The first-order chi connectivity index (χ1) is 9.63. The van der Waals surface area contributed by atoms with Gasteiger partial charge in [-0.05, 0) is 25.1 Å². The summed E-state index contributed by atoms with van der Waals surface area (Å²) in [5.41, 5.74) is 0.491. The number of halogens is 1. The third-order valence-corrected chi connectivity index (χ3v) is 3.47. The first-order valence-corrected chi connectivity index (χ1v) is 7.05. The van der Waals surface area contributed by atoms with Crippen LogP contribution >= 0.6 is 22.9 Å². The van der Waals surface area contributed by atoms with Crippen LogP contribution in [0.25, 0.3) is 0 Å². The number of carbonyl (C=O) groups is 1. The van der Waals surface area contributed by atoms with E-state index in [1.807, 2.05) is 6.92 Å². The second-order valence-corrected chi connectivity index (χ2v) is 5.16. The largest absolute Gasteiger partial charge is 0.495 e. The van der Waals surface area contributed by atoms with E-state index in [2.05, 4.69) is 20.8 Å². The zero-order valence-corrected chi connectivity index (χ0v) is 12.5. The summed E-state index contributed by atoms with van der Waals surface area (Å²) in [5.74, 6) is 0.173. The lowest BCUT2D eigenvalue weighted by atomic mass is 10.3. The summed E-state index contributed by atoms with van der Waals surface area (Å²) in [4.78, 5) is 12.1. The third-order valence-electron chi connectivity index (χ3n) is 2.36. The number of nitrogens with one attached hydrogen (secondary N) is 2. The molecule has 0 saturated heterocycles. The minimum atomic E-state index is -0.354. The third kappa shape index (κ3) is 3.37. The highest BCUT2D eigenvalue weighted by Gasteiger charge is 2.15. The zero-order valence-electron chi connectivity index (χ0n) is 10.9. The van der Waals surface area contributed by atoms with Gasteiger partial charge in [-0.25, -0.2) is 0 Å². The highest BCUT2D eigenvalue weighted by Crippen LogP contribution is 2.28. The van der Waals surface area contributed by atoms with Crippen molar-refractivity contribution in [3.05, 3.63) is 28.2 Å². The number of ether oxygens (including phenoxy) is 1. The number of benzene rings is 1. The summed E-state index contributed by atoms with van der Waals surface area (Å²) in [5, 5.41) is 14.8. The molecular formula is C12H13ClN4O2S. The lowest BCUT2D eigenvalue weighted by Gasteiger charge is -2.09. The molecule has 0 aliphatic rings. The van der Waals surface area contributed by atoms with Gasteiger partial charge in [0.1, 0.15) is 5.75 Å². The summed E-state index contributed by atoms with van der Waals surface area (Å²) in [6, 6.07) is 4.98. The van der Waals surface area contributed by atoms with Crippen molar-refractivity contribution < 1.29 is 9.53 Å². The Hall–Kier alpha value is -1.86. The monoisotopic (exact) mass is 312 g/mol. The minimum Gasteiger partial charge on any atom is -0.495 e. The predicted octanol–water partition coefficient (Wildman–Crippen LogP) is 2.88. The summed E-state index contributed by atoms with van der Waals surface area (Å²) < 4.78 is 5.16. The Morgan fingerprint density at radius 1 is 1.45 bits per heavy atom. The predicted molar refractivity (Wildman–Crippen MR) is 80.0 cm³/mol. The Morgan fingerprint density at radius 2 is 2.25 bits per heavy atom. The molecule has 2 aromatic rings. The van der Waals surface area contributed by atoms with Gasteiger partial charge in [-0.2, -0.15) is 0 Å². The van der Waals surface area contributed by atoms with Crippen molar-refractivity contribution in [1.82, 2.24) is 10.2 Å². The van der Waals surface area contributed by atoms with E-state index in [0.717, 1.165) is 6.54 Å². The molecule has 0 saturated carbocycles. The van der Waals surface area contributed by atoms with Crippen LogP contribution in [0.2, 0.25) is 5.02 Å². The number of hydrogen-bond acceptors (Lipinski definition) is 6. The van der Waals surface area contributed by atoms with Gasteiger partial charge in [-0.3, -0.25) is 4.79 Å². The van der Waals surface area contributed by atoms with Gasteiger partial charge in [0.25, 0.3) is 5.91 Å². The molecule has 0 unspecified atom stereocenters. The van der Waals surface area contributed by atoms with Gasteiger partial charge < -0.3 is 15.4 Å². The summed E-state index contributed by atoms with van der Waals surface area (Å²) in [7, 11) is 1.52. The maximum absolute atomic E-state index is 12.1. The topological polar surface area (TPSA) is 76.1 Å². The first kappa shape index (κ1) is 14.5. The molecule has 0 fully saturated rings. The minimum absolute atomic E-state index is 0.267. The van der Waals surface area contributed by atoms with Gasteiger partial charge in [-0.1, -0.05) is 22.9 Å². The van der Waals surface area contributed by atoms with Crippen LogP contribution in [0.1, 0.15) is 16.7 Å². The molecule has 0 radical (unpaired) electrons. The molecule has 0 spiro atoms. The van der Waals surface area contributed by atoms with E-state index in [0.29, 0.717) is 21.6 Å². The SMILES string of the molecule is CCNc1nnc(C(=O)Nc2cc(Cl)ccc2OC)s1. The standard InChI is InChI=1S/C12H13ClN4O2S/c1-3-14-12-17-16-11(20-12)10(18)15-8-6-7(13)4-5-9(8)19-2/h4-6H,3H2,1-2H3,(H,14,17)(H,15,18). The quantitative estimate of drug-likeness (QED) is 0.888. The maximum Gasteiger partial charge on any atom is 0.286 e. The van der Waals surface area contributed by atoms with Gasteiger partial charge in [0.05, 0.1) is 12.8 Å². The average Bonchev–Trinajstić information content (AvgIpc) is 2.88. The van der Waals surface area contributed by atoms with Crippen molar-refractivity contribution in [2.45, 2.75) is 6.92 Å². The molecule has 0 bridgehead atoms. The molecule has 8 heteroatoms. The number of methoxy groups -OCH3 is 1. The normalized spacial score (nSPS) is 10.2. The van der Waals surface area contributed by atoms with Crippen LogP contribution in [0.15, 0.2) is 18.2 Å². The van der Waals surface area contributed by atoms with Crippen LogP contribution in [0.4, 0.5) is 10.8 Å². The lowest BCUT2D eigenvalue weighted by molar-refractivity contribution is 0.102. The number of rotatable bonds is 5. The molecule has 0 atom stereocenters. The molecule has 6 nitrogen and oxygen atoms in total. The Morgan fingerprint density at radius 3 is 2.95 bits per heavy atom. The number of anilines is 2. The smallest absolute Gasteiger partial charge is 0.286 e. The molecule has 1 aromatic carbocycles. The summed E-state index contributed by atoms with van der Waals surface area (Å²) in [6.45, 7) is 2.66. The molecule has 0 aliphatic carbocycles. The second-order valence-electron chi connectivity index (χ2n) is 3.74. The molecule has 1 aromatic heterocycles. The van der Waals surface area contributed by atoms with Crippen molar-refractivity contribution in [2.75, 3.05) is 24.3 Å². The summed E-state index contributed by atoms with van der Waals surface area (Å²) in [6.07, 6.45) is 0. The Balaban J connectivity index is 2.16. The van der Waals surface area contributed by atoms with Gasteiger partial charge in [0, 0.05) is 11.6 Å². The van der Waals surface area contributed by atoms with E-state index in [1.54, 1.807) is 18.2 Å². The number of aromatic nitrogens is 2. The lowest BCUT2D eigenvalue weighted by Crippen LogP contribution is -2.12. The Kier molecular flexibility index (Phi) is 4.75. The van der Waals surface area contributed by atoms with Crippen LogP contribution in [0, 0.1) is 0 Å². The van der Waals surface area contributed by atoms with Crippen LogP contribution in [0.3, 0.4) is 0 Å². The van der Waals surface area contributed by atoms with Gasteiger partial charge in [0.15, 0.2) is 0 Å². The number of nitrogens with zero attached hydrogens (tertiary/aromatic N) is 2. The zero-order chi connectivity index (χ0) is 14.5. The second kappa shape index (κ2) is 6.53. The van der Waals surface area contributed by atoms with Crippen molar-refractivity contribution in [3.8, 4) is 5.75 Å². The molecule has 1 heterocycles. The van der Waals surface area contributed by atoms with Gasteiger partial charge >= 0.3 is 0 Å². The molecule has 106 valence electrons. The molecular weight excluding hydrogens is 300 g/mol. The van der Waals surface area contributed by atoms with E-state index in [-0.39, 0.29) is 10.9 Å². The molecule has 1 amide bonds. The van der Waals surface area contributed by atoms with Crippen molar-refractivity contribution in [1.29, 1.82) is 0 Å². The van der Waals surface area contributed by atoms with Crippen molar-refractivity contribution in [2.24, 2.45) is 0 Å². The molecule has 20 heavy (non-hydrogen) atoms. The number of carbonyl (C=O) groups excluding carboxylic acids is 1. The fourth-order valence-electron chi connectivity index (χ4n) is 1.49. The van der Waals surface area contributed by atoms with E-state index in [9.17, 15) is 4.79 Å². The molecule has 2 rings (SSSR count). The Labute approximate surface area is 125 Å². The number of hydrogen-bond donors (Lipinski definition) is 2. The van der Waals surface area contributed by atoms with E-state index < -0.39 is 0 Å².